The van der Waals surface area contributed by atoms with E-state index in [1.54, 1.807) is 4.90 Å². The lowest BCUT2D eigenvalue weighted by atomic mass is 10.2. The lowest BCUT2D eigenvalue weighted by molar-refractivity contribution is -0.117. The first kappa shape index (κ1) is 17.8. The molecule has 0 bridgehead atoms. The topological polar surface area (TPSA) is 70.7 Å². The largest absolute Gasteiger partial charge is 0.494 e. The van der Waals surface area contributed by atoms with E-state index in [0.717, 1.165) is 17.0 Å². The van der Waals surface area contributed by atoms with Crippen LogP contribution in [-0.4, -0.2) is 31.1 Å². The summed E-state index contributed by atoms with van der Waals surface area (Å²) in [6.07, 6.45) is 0.298. The predicted molar refractivity (Wildman–Crippen MR) is 100 cm³/mol. The minimum Gasteiger partial charge on any atom is -0.494 e. The molecule has 26 heavy (non-hydrogen) atoms. The Hall–Kier alpha value is -3.02. The highest BCUT2D eigenvalue weighted by Crippen LogP contribution is 2.24. The van der Waals surface area contributed by atoms with Crippen LogP contribution in [0.2, 0.25) is 0 Å². The minimum atomic E-state index is -0.264. The summed E-state index contributed by atoms with van der Waals surface area (Å²) in [5, 5.41) is 5.69. The molecule has 0 spiro atoms. The third-order valence-electron chi connectivity index (χ3n) is 4.22. The van der Waals surface area contributed by atoms with Gasteiger partial charge in [0.25, 0.3) is 0 Å². The zero-order valence-corrected chi connectivity index (χ0v) is 14.8. The number of carbonyl (C=O) groups is 2. The first-order chi connectivity index (χ1) is 12.7. The molecule has 6 heteroatoms. The first-order valence-corrected chi connectivity index (χ1v) is 8.77. The minimum absolute atomic E-state index is 0.00233. The van der Waals surface area contributed by atoms with Gasteiger partial charge < -0.3 is 20.3 Å². The molecule has 3 rings (SSSR count). The van der Waals surface area contributed by atoms with Crippen LogP contribution in [0.4, 0.5) is 10.5 Å². The molecule has 0 saturated carbocycles. The second kappa shape index (κ2) is 8.38. The highest BCUT2D eigenvalue weighted by Gasteiger charge is 2.31. The normalized spacial score (nSPS) is 16.4. The van der Waals surface area contributed by atoms with Gasteiger partial charge >= 0.3 is 6.03 Å². The molecule has 1 heterocycles. The number of nitrogens with one attached hydrogen (secondary N) is 2. The standard InChI is InChI=1S/C20H23N3O3/c1-2-26-18-10-8-17(9-11-18)23-14-16(12-19(23)24)22-20(25)21-13-15-6-4-3-5-7-15/h3-11,16H,2,12-14H2,1H3,(H2,21,22,25)/t16-/m1/s1. The monoisotopic (exact) mass is 353 g/mol. The molecule has 1 saturated heterocycles. The van der Waals surface area contributed by atoms with Crippen molar-refractivity contribution in [3.63, 3.8) is 0 Å². The number of ether oxygens (including phenoxy) is 1. The Morgan fingerprint density at radius 3 is 2.58 bits per heavy atom. The third-order valence-corrected chi connectivity index (χ3v) is 4.22. The number of nitrogens with zero attached hydrogens (tertiary/aromatic N) is 1. The molecule has 1 aliphatic heterocycles. The summed E-state index contributed by atoms with van der Waals surface area (Å²) in [6, 6.07) is 16.6. The van der Waals surface area contributed by atoms with Crippen LogP contribution in [0.5, 0.6) is 5.75 Å². The van der Waals surface area contributed by atoms with E-state index in [9.17, 15) is 9.59 Å². The van der Waals surface area contributed by atoms with Gasteiger partial charge in [-0.05, 0) is 36.8 Å². The van der Waals surface area contributed by atoms with E-state index in [0.29, 0.717) is 26.1 Å². The quantitative estimate of drug-likeness (QED) is 0.839. The fourth-order valence-electron chi connectivity index (χ4n) is 2.96. The molecule has 0 unspecified atom stereocenters. The smallest absolute Gasteiger partial charge is 0.315 e. The van der Waals surface area contributed by atoms with Crippen molar-refractivity contribution in [3.05, 3.63) is 60.2 Å². The Labute approximate surface area is 153 Å². The van der Waals surface area contributed by atoms with Crippen molar-refractivity contribution in [2.45, 2.75) is 25.9 Å². The predicted octanol–water partition coefficient (Wildman–Crippen LogP) is 2.69. The molecular formula is C20H23N3O3. The van der Waals surface area contributed by atoms with Crippen LogP contribution in [-0.2, 0) is 11.3 Å². The third kappa shape index (κ3) is 4.53. The maximum atomic E-state index is 12.3. The molecule has 2 N–H and O–H groups in total. The molecule has 1 fully saturated rings. The fraction of sp³-hybridized carbons (Fsp3) is 0.300. The van der Waals surface area contributed by atoms with Crippen LogP contribution in [0.25, 0.3) is 0 Å². The molecule has 1 atom stereocenters. The lowest BCUT2D eigenvalue weighted by Gasteiger charge is -2.18. The molecule has 0 aliphatic carbocycles. The summed E-state index contributed by atoms with van der Waals surface area (Å²) in [5.41, 5.74) is 1.84. The van der Waals surface area contributed by atoms with Crippen molar-refractivity contribution in [1.82, 2.24) is 10.6 Å². The van der Waals surface area contributed by atoms with Crippen molar-refractivity contribution < 1.29 is 14.3 Å². The molecule has 0 aromatic heterocycles. The molecule has 3 amide bonds. The maximum absolute atomic E-state index is 12.3. The molecule has 1 aliphatic rings. The van der Waals surface area contributed by atoms with Crippen LogP contribution < -0.4 is 20.3 Å². The number of anilines is 1. The van der Waals surface area contributed by atoms with E-state index in [1.165, 1.54) is 0 Å². The fourth-order valence-corrected chi connectivity index (χ4v) is 2.96. The van der Waals surface area contributed by atoms with Crippen LogP contribution >= 0.6 is 0 Å². The number of hydrogen-bond donors (Lipinski definition) is 2. The Morgan fingerprint density at radius 1 is 1.15 bits per heavy atom. The average molecular weight is 353 g/mol. The van der Waals surface area contributed by atoms with Gasteiger partial charge in [-0.15, -0.1) is 0 Å². The van der Waals surface area contributed by atoms with Gasteiger partial charge in [-0.2, -0.15) is 0 Å². The summed E-state index contributed by atoms with van der Waals surface area (Å²) in [7, 11) is 0. The van der Waals surface area contributed by atoms with E-state index in [4.69, 9.17) is 4.74 Å². The molecule has 2 aromatic carbocycles. The van der Waals surface area contributed by atoms with Gasteiger partial charge in [-0.25, -0.2) is 4.79 Å². The number of carbonyl (C=O) groups excluding carboxylic acids is 2. The first-order valence-electron chi connectivity index (χ1n) is 8.77. The zero-order valence-electron chi connectivity index (χ0n) is 14.8. The number of hydrogen-bond acceptors (Lipinski definition) is 3. The van der Waals surface area contributed by atoms with Gasteiger partial charge in [0, 0.05) is 25.2 Å². The van der Waals surface area contributed by atoms with Gasteiger partial charge in [-0.1, -0.05) is 30.3 Å². The van der Waals surface area contributed by atoms with Crippen LogP contribution in [0.1, 0.15) is 18.9 Å². The SMILES string of the molecule is CCOc1ccc(N2C[C@H](NC(=O)NCc3ccccc3)CC2=O)cc1. The number of rotatable bonds is 6. The summed E-state index contributed by atoms with van der Waals surface area (Å²) in [6.45, 7) is 3.45. The molecular weight excluding hydrogens is 330 g/mol. The Morgan fingerprint density at radius 2 is 1.88 bits per heavy atom. The maximum Gasteiger partial charge on any atom is 0.315 e. The Balaban J connectivity index is 1.51. The van der Waals surface area contributed by atoms with E-state index < -0.39 is 0 Å². The number of benzene rings is 2. The van der Waals surface area contributed by atoms with Crippen LogP contribution in [0.3, 0.4) is 0 Å². The van der Waals surface area contributed by atoms with Gasteiger partial charge in [0.2, 0.25) is 5.91 Å². The van der Waals surface area contributed by atoms with Gasteiger partial charge in [0.1, 0.15) is 5.75 Å². The van der Waals surface area contributed by atoms with Gasteiger partial charge in [0.05, 0.1) is 12.6 Å². The molecule has 136 valence electrons. The Kier molecular flexibility index (Phi) is 5.73. The summed E-state index contributed by atoms with van der Waals surface area (Å²) in [4.78, 5) is 26.0. The van der Waals surface area contributed by atoms with Crippen molar-refractivity contribution in [1.29, 1.82) is 0 Å². The lowest BCUT2D eigenvalue weighted by Crippen LogP contribution is -2.43. The van der Waals surface area contributed by atoms with Crippen molar-refractivity contribution >= 4 is 17.6 Å². The van der Waals surface area contributed by atoms with Crippen LogP contribution in [0, 0.1) is 0 Å². The molecule has 6 nitrogen and oxygen atoms in total. The van der Waals surface area contributed by atoms with E-state index in [-0.39, 0.29) is 18.0 Å². The summed E-state index contributed by atoms with van der Waals surface area (Å²) >= 11 is 0. The van der Waals surface area contributed by atoms with Gasteiger partial charge in [-0.3, -0.25) is 4.79 Å². The Bertz CT molecular complexity index is 747. The second-order valence-electron chi connectivity index (χ2n) is 6.14. The molecule has 2 aromatic rings. The van der Waals surface area contributed by atoms with E-state index in [2.05, 4.69) is 10.6 Å². The highest BCUT2D eigenvalue weighted by molar-refractivity contribution is 5.96. The zero-order chi connectivity index (χ0) is 18.4. The van der Waals surface area contributed by atoms with Crippen molar-refractivity contribution in [2.75, 3.05) is 18.1 Å². The summed E-state index contributed by atoms with van der Waals surface area (Å²) in [5.74, 6) is 0.778. The van der Waals surface area contributed by atoms with Gasteiger partial charge in [0.15, 0.2) is 0 Å². The van der Waals surface area contributed by atoms with E-state index in [1.807, 2.05) is 61.5 Å². The van der Waals surface area contributed by atoms with Crippen molar-refractivity contribution in [3.8, 4) is 5.75 Å². The highest BCUT2D eigenvalue weighted by atomic mass is 16.5. The number of amides is 3. The summed E-state index contributed by atoms with van der Waals surface area (Å²) < 4.78 is 5.42. The average Bonchev–Trinajstić information content (AvgIpc) is 3.02. The number of urea groups is 1. The molecule has 0 radical (unpaired) electrons. The van der Waals surface area contributed by atoms with Crippen LogP contribution in [0.15, 0.2) is 54.6 Å². The van der Waals surface area contributed by atoms with E-state index >= 15 is 0 Å². The second-order valence-corrected chi connectivity index (χ2v) is 6.14. The van der Waals surface area contributed by atoms with Crippen molar-refractivity contribution in [2.24, 2.45) is 0 Å².